The molecule has 1 aliphatic rings. The van der Waals surface area contributed by atoms with Gasteiger partial charge in [0, 0.05) is 24.8 Å². The summed E-state index contributed by atoms with van der Waals surface area (Å²) in [5.41, 5.74) is 7.84. The van der Waals surface area contributed by atoms with E-state index in [1.807, 2.05) is 24.3 Å². The van der Waals surface area contributed by atoms with E-state index >= 15 is 0 Å². The lowest BCUT2D eigenvalue weighted by molar-refractivity contribution is 0.401. The lowest BCUT2D eigenvalue weighted by Crippen LogP contribution is -2.46. The highest BCUT2D eigenvalue weighted by Crippen LogP contribution is 2.23. The van der Waals surface area contributed by atoms with Crippen LogP contribution in [-0.4, -0.2) is 19.1 Å². The van der Waals surface area contributed by atoms with Gasteiger partial charge in [-0.3, -0.25) is 0 Å². The maximum absolute atomic E-state index is 8.87. The lowest BCUT2D eigenvalue weighted by Gasteiger charge is -2.36. The molecule has 2 atom stereocenters. The second-order valence-electron chi connectivity index (χ2n) is 4.67. The molecule has 1 fully saturated rings. The van der Waals surface area contributed by atoms with Crippen LogP contribution in [-0.2, 0) is 0 Å². The Hall–Kier alpha value is -1.53. The Morgan fingerprint density at radius 1 is 1.44 bits per heavy atom. The van der Waals surface area contributed by atoms with Crippen molar-refractivity contribution in [2.45, 2.75) is 19.4 Å². The number of nitrogens with two attached hydrogens (primary N) is 1. The van der Waals surface area contributed by atoms with E-state index in [-0.39, 0.29) is 6.04 Å². The molecule has 2 unspecified atom stereocenters. The van der Waals surface area contributed by atoms with Crippen LogP contribution in [0.25, 0.3) is 0 Å². The van der Waals surface area contributed by atoms with Crippen LogP contribution in [0.15, 0.2) is 24.3 Å². The first-order valence-corrected chi connectivity index (χ1v) is 5.69. The first-order chi connectivity index (χ1) is 7.69. The van der Waals surface area contributed by atoms with Crippen molar-refractivity contribution in [1.29, 1.82) is 5.26 Å². The number of piperidine rings is 1. The number of hydrogen-bond donors (Lipinski definition) is 1. The van der Waals surface area contributed by atoms with Gasteiger partial charge >= 0.3 is 0 Å². The third kappa shape index (κ3) is 2.34. The summed E-state index contributed by atoms with van der Waals surface area (Å²) < 4.78 is 0. The topological polar surface area (TPSA) is 53.0 Å². The number of hydrogen-bond acceptors (Lipinski definition) is 3. The highest BCUT2D eigenvalue weighted by Gasteiger charge is 2.22. The molecule has 1 saturated heterocycles. The normalized spacial score (nSPS) is 25.2. The highest BCUT2D eigenvalue weighted by atomic mass is 15.2. The van der Waals surface area contributed by atoms with Gasteiger partial charge in [-0.1, -0.05) is 13.0 Å². The Morgan fingerprint density at radius 2 is 2.25 bits per heavy atom. The van der Waals surface area contributed by atoms with Crippen molar-refractivity contribution in [2.75, 3.05) is 18.0 Å². The van der Waals surface area contributed by atoms with Crippen LogP contribution < -0.4 is 10.6 Å². The third-order valence-corrected chi connectivity index (χ3v) is 3.03. The molecule has 1 heterocycles. The number of nitriles is 1. The van der Waals surface area contributed by atoms with Gasteiger partial charge in [-0.2, -0.15) is 5.26 Å². The summed E-state index contributed by atoms with van der Waals surface area (Å²) in [6, 6.07) is 10.2. The van der Waals surface area contributed by atoms with Crippen LogP contribution in [0.5, 0.6) is 0 Å². The molecule has 2 N–H and O–H groups in total. The van der Waals surface area contributed by atoms with Crippen molar-refractivity contribution in [1.82, 2.24) is 0 Å². The minimum Gasteiger partial charge on any atom is -0.370 e. The number of nitrogens with zero attached hydrogens (tertiary/aromatic N) is 2. The van der Waals surface area contributed by atoms with Crippen LogP contribution in [0, 0.1) is 17.2 Å². The summed E-state index contributed by atoms with van der Waals surface area (Å²) in [6.07, 6.45) is 1.09. The largest absolute Gasteiger partial charge is 0.370 e. The van der Waals surface area contributed by atoms with Gasteiger partial charge in [-0.25, -0.2) is 0 Å². The molecule has 1 aromatic rings. The second kappa shape index (κ2) is 4.54. The Bertz CT molecular complexity index is 398. The van der Waals surface area contributed by atoms with E-state index in [4.69, 9.17) is 11.0 Å². The molecule has 3 nitrogen and oxygen atoms in total. The Kier molecular flexibility index (Phi) is 3.12. The van der Waals surface area contributed by atoms with Crippen LogP contribution in [0.4, 0.5) is 5.69 Å². The van der Waals surface area contributed by atoms with E-state index in [0.717, 1.165) is 25.2 Å². The van der Waals surface area contributed by atoms with Crippen molar-refractivity contribution in [3.8, 4) is 6.07 Å². The lowest BCUT2D eigenvalue weighted by atomic mass is 9.96. The van der Waals surface area contributed by atoms with Crippen LogP contribution in [0.3, 0.4) is 0 Å². The molecule has 0 amide bonds. The fourth-order valence-electron chi connectivity index (χ4n) is 2.38. The molecule has 84 valence electrons. The van der Waals surface area contributed by atoms with Gasteiger partial charge < -0.3 is 10.6 Å². The van der Waals surface area contributed by atoms with Crippen molar-refractivity contribution in [3.05, 3.63) is 29.8 Å². The van der Waals surface area contributed by atoms with E-state index < -0.39 is 0 Å². The maximum Gasteiger partial charge on any atom is 0.0992 e. The zero-order chi connectivity index (χ0) is 11.5. The third-order valence-electron chi connectivity index (χ3n) is 3.03. The summed E-state index contributed by atoms with van der Waals surface area (Å²) in [5, 5.41) is 8.87. The van der Waals surface area contributed by atoms with Crippen LogP contribution in [0.2, 0.25) is 0 Å². The number of benzene rings is 1. The quantitative estimate of drug-likeness (QED) is 0.776. The van der Waals surface area contributed by atoms with Gasteiger partial charge in [0.1, 0.15) is 0 Å². The molecule has 0 saturated carbocycles. The van der Waals surface area contributed by atoms with Gasteiger partial charge in [0.25, 0.3) is 0 Å². The van der Waals surface area contributed by atoms with E-state index in [9.17, 15) is 0 Å². The summed E-state index contributed by atoms with van der Waals surface area (Å²) in [6.45, 7) is 4.14. The van der Waals surface area contributed by atoms with Crippen molar-refractivity contribution >= 4 is 5.69 Å². The number of rotatable bonds is 1. The van der Waals surface area contributed by atoms with E-state index in [2.05, 4.69) is 17.9 Å². The summed E-state index contributed by atoms with van der Waals surface area (Å²) >= 11 is 0. The molecule has 0 aliphatic carbocycles. The highest BCUT2D eigenvalue weighted by molar-refractivity contribution is 5.52. The van der Waals surface area contributed by atoms with Gasteiger partial charge in [-0.05, 0) is 30.5 Å². The fourth-order valence-corrected chi connectivity index (χ4v) is 2.38. The van der Waals surface area contributed by atoms with Gasteiger partial charge in [0.15, 0.2) is 0 Å². The molecular formula is C13H17N3. The standard InChI is InChI=1S/C13H17N3/c1-10-5-12(15)9-16(8-10)13-4-2-3-11(6-13)7-14/h2-4,6,10,12H,5,8-9,15H2,1H3. The Morgan fingerprint density at radius 3 is 2.94 bits per heavy atom. The fraction of sp³-hybridized carbons (Fsp3) is 0.462. The van der Waals surface area contributed by atoms with Crippen LogP contribution >= 0.6 is 0 Å². The molecule has 0 bridgehead atoms. The SMILES string of the molecule is CC1CC(N)CN(c2cccc(C#N)c2)C1. The number of anilines is 1. The molecule has 2 rings (SSSR count). The summed E-state index contributed by atoms with van der Waals surface area (Å²) in [4.78, 5) is 2.28. The molecule has 3 heteroatoms. The predicted octanol–water partition coefficient (Wildman–Crippen LogP) is 1.73. The van der Waals surface area contributed by atoms with E-state index in [1.54, 1.807) is 0 Å². The van der Waals surface area contributed by atoms with Crippen molar-refractivity contribution in [2.24, 2.45) is 11.7 Å². The second-order valence-corrected chi connectivity index (χ2v) is 4.67. The molecule has 1 aliphatic heterocycles. The van der Waals surface area contributed by atoms with E-state index in [0.29, 0.717) is 11.5 Å². The zero-order valence-corrected chi connectivity index (χ0v) is 9.56. The van der Waals surface area contributed by atoms with Gasteiger partial charge in [0.2, 0.25) is 0 Å². The smallest absolute Gasteiger partial charge is 0.0992 e. The molecule has 0 aromatic heterocycles. The average molecular weight is 215 g/mol. The molecule has 0 spiro atoms. The average Bonchev–Trinajstić information content (AvgIpc) is 2.28. The summed E-state index contributed by atoms with van der Waals surface area (Å²) in [7, 11) is 0. The molecular weight excluding hydrogens is 198 g/mol. The first-order valence-electron chi connectivity index (χ1n) is 5.69. The van der Waals surface area contributed by atoms with Crippen molar-refractivity contribution < 1.29 is 0 Å². The molecule has 0 radical (unpaired) electrons. The molecule has 16 heavy (non-hydrogen) atoms. The predicted molar refractivity (Wildman–Crippen MR) is 65.1 cm³/mol. The van der Waals surface area contributed by atoms with E-state index in [1.165, 1.54) is 0 Å². The summed E-state index contributed by atoms with van der Waals surface area (Å²) in [5.74, 6) is 0.620. The van der Waals surface area contributed by atoms with Gasteiger partial charge in [-0.15, -0.1) is 0 Å². The zero-order valence-electron chi connectivity index (χ0n) is 9.56. The molecule has 1 aromatic carbocycles. The monoisotopic (exact) mass is 215 g/mol. The minimum atomic E-state index is 0.245. The minimum absolute atomic E-state index is 0.245. The Balaban J connectivity index is 2.20. The van der Waals surface area contributed by atoms with Crippen LogP contribution in [0.1, 0.15) is 18.9 Å². The first kappa shape index (κ1) is 11.0. The Labute approximate surface area is 96.5 Å². The maximum atomic E-state index is 8.87. The van der Waals surface area contributed by atoms with Gasteiger partial charge in [0.05, 0.1) is 11.6 Å². The van der Waals surface area contributed by atoms with Crippen molar-refractivity contribution in [3.63, 3.8) is 0 Å².